The van der Waals surface area contributed by atoms with Gasteiger partial charge in [0.05, 0.1) is 15.7 Å². The molecule has 0 aliphatic rings. The topological polar surface area (TPSA) is 24.9 Å². The minimum atomic E-state index is 0.269. The predicted molar refractivity (Wildman–Crippen MR) is 95.8 cm³/mol. The number of rotatable bonds is 6. The van der Waals surface area contributed by atoms with Crippen LogP contribution in [0.2, 0.25) is 5.02 Å². The fourth-order valence-electron chi connectivity index (χ4n) is 2.07. The zero-order chi connectivity index (χ0) is 14.5. The van der Waals surface area contributed by atoms with Crippen molar-refractivity contribution in [3.8, 4) is 0 Å². The predicted octanol–water partition coefficient (Wildman–Crippen LogP) is 4.99. The van der Waals surface area contributed by atoms with Gasteiger partial charge in [-0.25, -0.2) is 4.98 Å². The number of hydrogen-bond acceptors (Lipinski definition) is 3. The van der Waals surface area contributed by atoms with Gasteiger partial charge < -0.3 is 5.32 Å². The van der Waals surface area contributed by atoms with Crippen molar-refractivity contribution in [2.45, 2.75) is 32.7 Å². The van der Waals surface area contributed by atoms with E-state index in [4.69, 9.17) is 11.6 Å². The lowest BCUT2D eigenvalue weighted by Gasteiger charge is -2.18. The lowest BCUT2D eigenvalue weighted by atomic mass is 10.0. The summed E-state index contributed by atoms with van der Waals surface area (Å²) >= 11 is 10.2. The molecule has 1 atom stereocenters. The lowest BCUT2D eigenvalue weighted by molar-refractivity contribution is 0.525. The minimum absolute atomic E-state index is 0.269. The summed E-state index contributed by atoms with van der Waals surface area (Å²) in [6.45, 7) is 5.22. The van der Waals surface area contributed by atoms with Gasteiger partial charge in [0.25, 0.3) is 0 Å². The third-order valence-electron chi connectivity index (χ3n) is 3.07. The molecule has 0 saturated heterocycles. The first kappa shape index (κ1) is 16.2. The van der Waals surface area contributed by atoms with Crippen LogP contribution in [-0.2, 0) is 6.42 Å². The first-order chi connectivity index (χ1) is 9.60. The summed E-state index contributed by atoms with van der Waals surface area (Å²) in [4.78, 5) is 4.57. The van der Waals surface area contributed by atoms with Crippen LogP contribution in [0.25, 0.3) is 0 Å². The van der Waals surface area contributed by atoms with Crippen LogP contribution < -0.4 is 5.32 Å². The van der Waals surface area contributed by atoms with E-state index in [0.717, 1.165) is 38.7 Å². The maximum absolute atomic E-state index is 6.25. The Kier molecular flexibility index (Phi) is 6.26. The number of hydrogen-bond donors (Lipinski definition) is 1. The van der Waals surface area contributed by atoms with Crippen molar-refractivity contribution >= 4 is 45.5 Å². The SMILES string of the molecule is CCCNC(Cc1csc(C)n1)c1ccc(I)c(Cl)c1. The van der Waals surface area contributed by atoms with Gasteiger partial charge in [-0.2, -0.15) is 0 Å². The Morgan fingerprint density at radius 3 is 2.85 bits per heavy atom. The lowest BCUT2D eigenvalue weighted by Crippen LogP contribution is -2.24. The Bertz CT molecular complexity index is 571. The average Bonchev–Trinajstić information content (AvgIpc) is 2.83. The first-order valence-electron chi connectivity index (χ1n) is 6.69. The van der Waals surface area contributed by atoms with Crippen molar-refractivity contribution in [3.05, 3.63) is 48.4 Å². The molecule has 20 heavy (non-hydrogen) atoms. The molecule has 108 valence electrons. The number of aromatic nitrogens is 1. The molecule has 0 spiro atoms. The number of nitrogens with one attached hydrogen (secondary N) is 1. The molecule has 0 fully saturated rings. The van der Waals surface area contributed by atoms with Crippen LogP contribution >= 0.6 is 45.5 Å². The third-order valence-corrected chi connectivity index (χ3v) is 5.46. The van der Waals surface area contributed by atoms with Gasteiger partial charge in [-0.1, -0.05) is 24.6 Å². The number of halogens is 2. The molecule has 0 saturated carbocycles. The number of nitrogens with zero attached hydrogens (tertiary/aromatic N) is 1. The molecule has 0 bridgehead atoms. The van der Waals surface area contributed by atoms with Crippen LogP contribution in [0, 0.1) is 10.5 Å². The van der Waals surface area contributed by atoms with Gasteiger partial charge in [0.2, 0.25) is 0 Å². The van der Waals surface area contributed by atoms with Crippen LogP contribution in [0.3, 0.4) is 0 Å². The first-order valence-corrected chi connectivity index (χ1v) is 9.03. The van der Waals surface area contributed by atoms with Crippen molar-refractivity contribution in [3.63, 3.8) is 0 Å². The van der Waals surface area contributed by atoms with Crippen molar-refractivity contribution in [2.75, 3.05) is 6.54 Å². The summed E-state index contributed by atoms with van der Waals surface area (Å²) in [5, 5.41) is 7.68. The van der Waals surface area contributed by atoms with Gasteiger partial charge in [-0.15, -0.1) is 11.3 Å². The molecule has 2 aromatic rings. The standard InChI is InChI=1S/C15H18ClIN2S/c1-3-6-18-15(8-12-9-20-10(2)19-12)11-4-5-14(17)13(16)7-11/h4-5,7,9,15,18H,3,6,8H2,1-2H3. The largest absolute Gasteiger partial charge is 0.310 e. The Morgan fingerprint density at radius 2 is 2.25 bits per heavy atom. The highest BCUT2D eigenvalue weighted by Gasteiger charge is 2.14. The van der Waals surface area contributed by atoms with Crippen LogP contribution in [0.1, 0.15) is 35.7 Å². The van der Waals surface area contributed by atoms with Crippen LogP contribution in [0.15, 0.2) is 23.6 Å². The van der Waals surface area contributed by atoms with E-state index in [2.05, 4.69) is 63.4 Å². The summed E-state index contributed by atoms with van der Waals surface area (Å²) < 4.78 is 1.09. The second-order valence-corrected chi connectivity index (χ2v) is 7.37. The molecule has 0 aliphatic heterocycles. The Hall–Kier alpha value is -0.170. The van der Waals surface area contributed by atoms with Crippen molar-refractivity contribution < 1.29 is 0 Å². The van der Waals surface area contributed by atoms with E-state index in [-0.39, 0.29) is 6.04 Å². The molecule has 1 aromatic heterocycles. The fraction of sp³-hybridized carbons (Fsp3) is 0.400. The smallest absolute Gasteiger partial charge is 0.0897 e. The maximum Gasteiger partial charge on any atom is 0.0897 e. The van der Waals surface area contributed by atoms with E-state index >= 15 is 0 Å². The van der Waals surface area contributed by atoms with E-state index in [0.29, 0.717) is 0 Å². The zero-order valence-electron chi connectivity index (χ0n) is 11.6. The summed E-state index contributed by atoms with van der Waals surface area (Å²) in [5.74, 6) is 0. The average molecular weight is 421 g/mol. The van der Waals surface area contributed by atoms with E-state index in [1.54, 1.807) is 11.3 Å². The Morgan fingerprint density at radius 1 is 1.45 bits per heavy atom. The van der Waals surface area contributed by atoms with Crippen molar-refractivity contribution in [2.24, 2.45) is 0 Å². The van der Waals surface area contributed by atoms with Gasteiger partial charge in [0, 0.05) is 21.4 Å². The molecule has 1 N–H and O–H groups in total. The number of aryl methyl sites for hydroxylation is 1. The Labute approximate surface area is 143 Å². The van der Waals surface area contributed by atoms with Gasteiger partial charge >= 0.3 is 0 Å². The van der Waals surface area contributed by atoms with Crippen LogP contribution in [0.5, 0.6) is 0 Å². The summed E-state index contributed by atoms with van der Waals surface area (Å²) in [7, 11) is 0. The van der Waals surface area contributed by atoms with E-state index < -0.39 is 0 Å². The van der Waals surface area contributed by atoms with E-state index in [1.807, 2.05) is 6.92 Å². The highest BCUT2D eigenvalue weighted by atomic mass is 127. The third kappa shape index (κ3) is 4.41. The maximum atomic E-state index is 6.25. The second-order valence-electron chi connectivity index (χ2n) is 4.74. The van der Waals surface area contributed by atoms with Gasteiger partial charge in [0.15, 0.2) is 0 Å². The molecule has 1 heterocycles. The second kappa shape index (κ2) is 7.73. The summed E-state index contributed by atoms with van der Waals surface area (Å²) in [6, 6.07) is 6.56. The van der Waals surface area contributed by atoms with Gasteiger partial charge in [0.1, 0.15) is 0 Å². The molecule has 5 heteroatoms. The van der Waals surface area contributed by atoms with E-state index in [9.17, 15) is 0 Å². The van der Waals surface area contributed by atoms with Crippen molar-refractivity contribution in [1.82, 2.24) is 10.3 Å². The van der Waals surface area contributed by atoms with Gasteiger partial charge in [-0.05, 0) is 60.2 Å². The van der Waals surface area contributed by atoms with E-state index in [1.165, 1.54) is 5.56 Å². The summed E-state index contributed by atoms with van der Waals surface area (Å²) in [6.07, 6.45) is 2.02. The highest BCUT2D eigenvalue weighted by molar-refractivity contribution is 14.1. The fourth-order valence-corrected chi connectivity index (χ4v) is 3.22. The minimum Gasteiger partial charge on any atom is -0.310 e. The van der Waals surface area contributed by atoms with Crippen LogP contribution in [0.4, 0.5) is 0 Å². The summed E-state index contributed by atoms with van der Waals surface area (Å²) in [5.41, 5.74) is 2.38. The molecule has 0 amide bonds. The Balaban J connectivity index is 2.19. The quantitative estimate of drug-likeness (QED) is 0.666. The van der Waals surface area contributed by atoms with Crippen LogP contribution in [-0.4, -0.2) is 11.5 Å². The molecule has 1 unspecified atom stereocenters. The molecular formula is C15H18ClIN2S. The molecular weight excluding hydrogens is 403 g/mol. The normalized spacial score (nSPS) is 12.6. The number of thiazole rings is 1. The molecule has 1 aromatic carbocycles. The zero-order valence-corrected chi connectivity index (χ0v) is 15.3. The van der Waals surface area contributed by atoms with Gasteiger partial charge in [-0.3, -0.25) is 0 Å². The monoisotopic (exact) mass is 420 g/mol. The molecule has 2 rings (SSSR count). The molecule has 2 nitrogen and oxygen atoms in total. The molecule has 0 radical (unpaired) electrons. The highest BCUT2D eigenvalue weighted by Crippen LogP contribution is 2.25. The number of benzene rings is 1. The molecule has 0 aliphatic carbocycles. The van der Waals surface area contributed by atoms with Crippen molar-refractivity contribution in [1.29, 1.82) is 0 Å².